The van der Waals surface area contributed by atoms with Gasteiger partial charge in [-0.15, -0.1) is 0 Å². The van der Waals surface area contributed by atoms with Crippen molar-refractivity contribution >= 4 is 0 Å². The van der Waals surface area contributed by atoms with E-state index in [1.54, 1.807) is 0 Å². The van der Waals surface area contributed by atoms with Gasteiger partial charge in [0.2, 0.25) is 0 Å². The standard InChI is InChI=1S/C51H84O24/c1-19-5-10-51(66-18-19)20(2)32-27(75-51)13-24-22-12-26(56)25-11-21(6-8-49(25,3)23(22)7-9-50(24,32)4)67-45-41(65)38(62)42(31(17-55)71-45)72-48-44(74-47-40(64)37(61)34(58)29(15-53)69-47)43(35(59)30(16-54)70-48)73-46-39(63)36(60)33(57)28(14-52)68-46/h19-48,52-65H,5-18H2,1-4H3/t19-,20+,21+,22-,23+,24+,25-,26-,27+,28-,29-,30-,31-,32+,33-,34-,35-,36+,37+,38-,39-,40-,41-,42+,43+,44-,45-,46+,47+,48+,49-,50+,51-/m1/s1. The lowest BCUT2D eigenvalue weighted by Gasteiger charge is -2.62. The van der Waals surface area contributed by atoms with E-state index in [0.717, 1.165) is 45.1 Å². The summed E-state index contributed by atoms with van der Waals surface area (Å²) in [6, 6.07) is 0. The summed E-state index contributed by atoms with van der Waals surface area (Å²) in [6.07, 6.45) is -29.9. The Balaban J connectivity index is 0.829. The predicted molar refractivity (Wildman–Crippen MR) is 250 cm³/mol. The summed E-state index contributed by atoms with van der Waals surface area (Å²) in [7, 11) is 0. The summed E-state index contributed by atoms with van der Waals surface area (Å²) in [5.74, 6) is 1.64. The highest BCUT2D eigenvalue weighted by Crippen LogP contribution is 2.71. The van der Waals surface area contributed by atoms with E-state index in [4.69, 9.17) is 47.4 Å². The first-order chi connectivity index (χ1) is 35.6. The Morgan fingerprint density at radius 3 is 1.60 bits per heavy atom. The van der Waals surface area contributed by atoms with Crippen LogP contribution in [-0.4, -0.2) is 251 Å². The van der Waals surface area contributed by atoms with E-state index in [-0.39, 0.29) is 28.8 Å². The summed E-state index contributed by atoms with van der Waals surface area (Å²) in [6.45, 7) is 6.54. The van der Waals surface area contributed by atoms with Crippen molar-refractivity contribution in [3.05, 3.63) is 0 Å². The second-order valence-electron chi connectivity index (χ2n) is 24.5. The Labute approximate surface area is 435 Å². The molecule has 14 N–H and O–H groups in total. The van der Waals surface area contributed by atoms with Crippen LogP contribution in [0.4, 0.5) is 0 Å². The fraction of sp³-hybridized carbons (Fsp3) is 1.00. The van der Waals surface area contributed by atoms with E-state index >= 15 is 0 Å². The Kier molecular flexibility index (Phi) is 16.9. The number of hydrogen-bond donors (Lipinski definition) is 14. The predicted octanol–water partition coefficient (Wildman–Crippen LogP) is -3.94. The molecule has 6 aliphatic heterocycles. The second-order valence-corrected chi connectivity index (χ2v) is 24.5. The van der Waals surface area contributed by atoms with Gasteiger partial charge in [0.05, 0.1) is 51.3 Å². The first kappa shape index (κ1) is 57.3. The summed E-state index contributed by atoms with van der Waals surface area (Å²) in [5, 5.41) is 152. The maximum absolute atomic E-state index is 12.1. The lowest BCUT2D eigenvalue weighted by molar-refractivity contribution is -0.406. The van der Waals surface area contributed by atoms with Gasteiger partial charge >= 0.3 is 0 Å². The molecule has 24 nitrogen and oxygen atoms in total. The smallest absolute Gasteiger partial charge is 0.187 e. The highest BCUT2D eigenvalue weighted by molar-refractivity contribution is 5.16. The van der Waals surface area contributed by atoms with Gasteiger partial charge in [0.15, 0.2) is 30.9 Å². The van der Waals surface area contributed by atoms with Crippen molar-refractivity contribution in [1.82, 2.24) is 0 Å². The Morgan fingerprint density at radius 2 is 1.00 bits per heavy atom. The SMILES string of the molecule is C[C@@H]1CC[C@@]2(OC1)O[C@H]1C[C@H]3[C@@H]4C[C@@H](O)[C@H]5C[C@@H](O[C@@H]6O[C@H](CO)[C@H](O[C@@H]7O[C@H](CO)[C@@H](O)[C@H](O[C@@H]8O[C@H](CO)[C@@H](O)[C@H](O)[C@H]8O)[C@H]7O[C@@H]7O[C@H](CO)[C@@H](O)[C@H](O)[C@H]7O)[C@H](O)[C@H]6O)CC[C@]5(C)[C@H]4CC[C@]3(C)[C@H]1[C@@H]2C. The molecule has 0 amide bonds. The maximum atomic E-state index is 12.1. The highest BCUT2D eigenvalue weighted by atomic mass is 16.8. The van der Waals surface area contributed by atoms with Gasteiger partial charge in [0, 0.05) is 12.3 Å². The first-order valence-electron chi connectivity index (χ1n) is 27.4. The molecule has 1 spiro atoms. The fourth-order valence-corrected chi connectivity index (χ4v) is 16.2. The lowest BCUT2D eigenvalue weighted by Crippen LogP contribution is -2.68. The van der Waals surface area contributed by atoms with Gasteiger partial charge in [-0.25, -0.2) is 0 Å². The van der Waals surface area contributed by atoms with Crippen LogP contribution in [0, 0.1) is 52.3 Å². The Morgan fingerprint density at radius 1 is 0.467 bits per heavy atom. The molecular weight excluding hydrogens is 997 g/mol. The van der Waals surface area contributed by atoms with Crippen LogP contribution in [0.5, 0.6) is 0 Å². The number of aliphatic hydroxyl groups is 14. The second kappa shape index (κ2) is 22.1. The molecule has 33 atom stereocenters. The van der Waals surface area contributed by atoms with Gasteiger partial charge < -0.3 is 119 Å². The molecule has 0 bridgehead atoms. The van der Waals surface area contributed by atoms with Crippen molar-refractivity contribution in [3.63, 3.8) is 0 Å². The van der Waals surface area contributed by atoms with E-state index < -0.39 is 167 Å². The number of aliphatic hydroxyl groups excluding tert-OH is 14. The third kappa shape index (κ3) is 9.79. The summed E-state index contributed by atoms with van der Waals surface area (Å²) in [4.78, 5) is 0. The number of rotatable bonds is 12. The zero-order valence-electron chi connectivity index (χ0n) is 43.1. The zero-order chi connectivity index (χ0) is 53.8. The summed E-state index contributed by atoms with van der Waals surface area (Å²) in [5.41, 5.74) is -0.133. The molecule has 75 heavy (non-hydrogen) atoms. The van der Waals surface area contributed by atoms with Crippen molar-refractivity contribution in [1.29, 1.82) is 0 Å². The van der Waals surface area contributed by atoms with Crippen molar-refractivity contribution in [3.8, 4) is 0 Å². The van der Waals surface area contributed by atoms with Crippen molar-refractivity contribution in [2.75, 3.05) is 33.0 Å². The van der Waals surface area contributed by atoms with Crippen molar-refractivity contribution in [2.24, 2.45) is 52.3 Å². The Bertz CT molecular complexity index is 1910. The van der Waals surface area contributed by atoms with E-state index in [2.05, 4.69) is 27.7 Å². The number of ether oxygens (including phenoxy) is 10. The average molecular weight is 1080 g/mol. The quantitative estimate of drug-likeness (QED) is 0.0830. The van der Waals surface area contributed by atoms with Gasteiger partial charge in [-0.2, -0.15) is 0 Å². The fourth-order valence-electron chi connectivity index (χ4n) is 16.2. The first-order valence-corrected chi connectivity index (χ1v) is 27.4. The zero-order valence-corrected chi connectivity index (χ0v) is 43.1. The third-order valence-corrected chi connectivity index (χ3v) is 20.4. The molecule has 6 heterocycles. The molecule has 0 radical (unpaired) electrons. The monoisotopic (exact) mass is 1080 g/mol. The molecule has 4 saturated carbocycles. The van der Waals surface area contributed by atoms with E-state index in [9.17, 15) is 71.5 Å². The molecule has 10 rings (SSSR count). The van der Waals surface area contributed by atoms with Crippen LogP contribution >= 0.6 is 0 Å². The summed E-state index contributed by atoms with van der Waals surface area (Å²) < 4.78 is 61.3. The lowest BCUT2D eigenvalue weighted by atomic mass is 9.43. The van der Waals surface area contributed by atoms with Gasteiger partial charge in [-0.1, -0.05) is 27.7 Å². The van der Waals surface area contributed by atoms with Gasteiger partial charge in [-0.3, -0.25) is 0 Å². The molecule has 6 saturated heterocycles. The minimum atomic E-state index is -2.05. The van der Waals surface area contributed by atoms with E-state index in [0.29, 0.717) is 48.9 Å². The molecule has 10 aliphatic rings. The van der Waals surface area contributed by atoms with Crippen LogP contribution in [0.25, 0.3) is 0 Å². The molecule has 4 aliphatic carbocycles. The van der Waals surface area contributed by atoms with Crippen LogP contribution in [0.2, 0.25) is 0 Å². The molecule has 0 aromatic carbocycles. The molecule has 0 unspecified atom stereocenters. The van der Waals surface area contributed by atoms with Crippen molar-refractivity contribution < 1.29 is 119 Å². The summed E-state index contributed by atoms with van der Waals surface area (Å²) >= 11 is 0. The van der Waals surface area contributed by atoms with E-state index in [1.807, 2.05) is 0 Å². The third-order valence-electron chi connectivity index (χ3n) is 20.4. The van der Waals surface area contributed by atoms with Gasteiger partial charge in [0.1, 0.15) is 97.7 Å². The molecule has 0 aromatic rings. The van der Waals surface area contributed by atoms with E-state index in [1.165, 1.54) is 0 Å². The molecular formula is C51H84O24. The Hall–Kier alpha value is -0.960. The molecule has 0 aromatic heterocycles. The van der Waals surface area contributed by atoms with Crippen LogP contribution in [0.1, 0.15) is 85.5 Å². The minimum absolute atomic E-state index is 0.0667. The number of hydrogen-bond acceptors (Lipinski definition) is 24. The van der Waals surface area contributed by atoms with Crippen LogP contribution in [0.3, 0.4) is 0 Å². The van der Waals surface area contributed by atoms with Crippen LogP contribution < -0.4 is 0 Å². The molecule has 10 fully saturated rings. The number of fused-ring (bicyclic) bond motifs is 7. The highest BCUT2D eigenvalue weighted by Gasteiger charge is 2.70. The van der Waals surface area contributed by atoms with Gasteiger partial charge in [-0.05, 0) is 97.7 Å². The largest absolute Gasteiger partial charge is 0.394 e. The normalized spacial score (nSPS) is 58.0. The van der Waals surface area contributed by atoms with Crippen molar-refractivity contribution in [2.45, 2.75) is 232 Å². The molecule has 432 valence electrons. The van der Waals surface area contributed by atoms with Crippen LogP contribution in [-0.2, 0) is 47.4 Å². The van der Waals surface area contributed by atoms with Crippen LogP contribution in [0.15, 0.2) is 0 Å². The maximum Gasteiger partial charge on any atom is 0.187 e. The minimum Gasteiger partial charge on any atom is -0.394 e. The topological polar surface area (TPSA) is 376 Å². The van der Waals surface area contributed by atoms with Gasteiger partial charge in [0.25, 0.3) is 0 Å². The molecule has 24 heteroatoms. The average Bonchev–Trinajstić information content (AvgIpc) is 3.85.